The molecule has 0 saturated heterocycles. The van der Waals surface area contributed by atoms with Crippen LogP contribution < -0.4 is 5.32 Å². The van der Waals surface area contributed by atoms with E-state index in [2.05, 4.69) is 59.4 Å². The van der Waals surface area contributed by atoms with E-state index in [1.165, 1.54) is 11.1 Å². The SMILES string of the molecule is Cc1ccc(Br)c(NC(C)c2cccc(Cl)c2)c1. The largest absolute Gasteiger partial charge is 0.378 e. The highest BCUT2D eigenvalue weighted by molar-refractivity contribution is 9.10. The number of hydrogen-bond donors (Lipinski definition) is 1. The van der Waals surface area contributed by atoms with Crippen LogP contribution in [-0.2, 0) is 0 Å². The molecule has 0 saturated carbocycles. The van der Waals surface area contributed by atoms with Crippen molar-refractivity contribution in [1.29, 1.82) is 0 Å². The van der Waals surface area contributed by atoms with Gasteiger partial charge in [0.05, 0.1) is 0 Å². The summed E-state index contributed by atoms with van der Waals surface area (Å²) in [6, 6.07) is 14.4. The summed E-state index contributed by atoms with van der Waals surface area (Å²) in [7, 11) is 0. The van der Waals surface area contributed by atoms with E-state index in [0.717, 1.165) is 15.2 Å². The molecule has 1 atom stereocenters. The third-order valence-corrected chi connectivity index (χ3v) is 3.77. The van der Waals surface area contributed by atoms with Gasteiger partial charge in [-0.2, -0.15) is 0 Å². The van der Waals surface area contributed by atoms with Crippen LogP contribution in [0.1, 0.15) is 24.1 Å². The van der Waals surface area contributed by atoms with Gasteiger partial charge in [-0.3, -0.25) is 0 Å². The molecule has 0 amide bonds. The van der Waals surface area contributed by atoms with Crippen molar-refractivity contribution in [2.45, 2.75) is 19.9 Å². The summed E-state index contributed by atoms with van der Waals surface area (Å²) in [6.45, 7) is 4.21. The second-order valence-corrected chi connectivity index (χ2v) is 5.70. The Balaban J connectivity index is 2.21. The highest BCUT2D eigenvalue weighted by Gasteiger charge is 2.08. The quantitative estimate of drug-likeness (QED) is 0.776. The molecule has 0 heterocycles. The lowest BCUT2D eigenvalue weighted by Crippen LogP contribution is -2.07. The molecule has 0 aliphatic carbocycles. The number of benzene rings is 2. The standard InChI is InChI=1S/C15H15BrClN/c1-10-6-7-14(16)15(8-10)18-11(2)12-4-3-5-13(17)9-12/h3-9,11,18H,1-2H3. The van der Waals surface area contributed by atoms with Gasteiger partial charge in [0.2, 0.25) is 0 Å². The van der Waals surface area contributed by atoms with Crippen LogP contribution in [0.5, 0.6) is 0 Å². The number of anilines is 1. The molecule has 18 heavy (non-hydrogen) atoms. The summed E-state index contributed by atoms with van der Waals surface area (Å²) in [5, 5.41) is 4.26. The maximum absolute atomic E-state index is 6.01. The van der Waals surface area contributed by atoms with Crippen molar-refractivity contribution in [3.63, 3.8) is 0 Å². The topological polar surface area (TPSA) is 12.0 Å². The first kappa shape index (κ1) is 13.4. The smallest absolute Gasteiger partial charge is 0.0491 e. The van der Waals surface area contributed by atoms with Gasteiger partial charge in [0.1, 0.15) is 0 Å². The first-order valence-electron chi connectivity index (χ1n) is 5.84. The van der Waals surface area contributed by atoms with E-state index in [0.29, 0.717) is 0 Å². The molecule has 0 aromatic heterocycles. The van der Waals surface area contributed by atoms with E-state index in [1.54, 1.807) is 0 Å². The Labute approximate surface area is 121 Å². The monoisotopic (exact) mass is 323 g/mol. The molecule has 2 aromatic rings. The molecule has 1 N–H and O–H groups in total. The number of nitrogens with one attached hydrogen (secondary N) is 1. The molecule has 1 unspecified atom stereocenters. The molecule has 0 radical (unpaired) electrons. The van der Waals surface area contributed by atoms with Gasteiger partial charge >= 0.3 is 0 Å². The van der Waals surface area contributed by atoms with Gasteiger partial charge in [-0.15, -0.1) is 0 Å². The van der Waals surface area contributed by atoms with Crippen molar-refractivity contribution < 1.29 is 0 Å². The second-order valence-electron chi connectivity index (χ2n) is 4.40. The molecular weight excluding hydrogens is 310 g/mol. The first-order chi connectivity index (χ1) is 8.56. The van der Waals surface area contributed by atoms with E-state index in [1.807, 2.05) is 18.2 Å². The molecule has 2 aromatic carbocycles. The number of hydrogen-bond acceptors (Lipinski definition) is 1. The lowest BCUT2D eigenvalue weighted by molar-refractivity contribution is 0.883. The fourth-order valence-corrected chi connectivity index (χ4v) is 2.40. The zero-order chi connectivity index (χ0) is 13.1. The molecule has 0 aliphatic heterocycles. The average molecular weight is 325 g/mol. The average Bonchev–Trinajstić information content (AvgIpc) is 2.34. The molecule has 1 nitrogen and oxygen atoms in total. The lowest BCUT2D eigenvalue weighted by atomic mass is 10.1. The van der Waals surface area contributed by atoms with Crippen LogP contribution in [0.15, 0.2) is 46.9 Å². The minimum Gasteiger partial charge on any atom is -0.378 e. The Morgan fingerprint density at radius 3 is 2.67 bits per heavy atom. The fraction of sp³-hybridized carbons (Fsp3) is 0.200. The van der Waals surface area contributed by atoms with Gasteiger partial charge in [0.25, 0.3) is 0 Å². The van der Waals surface area contributed by atoms with Crippen LogP contribution in [0.3, 0.4) is 0 Å². The van der Waals surface area contributed by atoms with Crippen molar-refractivity contribution in [3.8, 4) is 0 Å². The molecule has 0 spiro atoms. The van der Waals surface area contributed by atoms with Gasteiger partial charge in [-0.25, -0.2) is 0 Å². The van der Waals surface area contributed by atoms with Crippen LogP contribution >= 0.6 is 27.5 Å². The number of aryl methyl sites for hydroxylation is 1. The van der Waals surface area contributed by atoms with E-state index < -0.39 is 0 Å². The number of halogens is 2. The predicted octanol–water partition coefficient (Wildman–Crippen LogP) is 5.58. The summed E-state index contributed by atoms with van der Waals surface area (Å²) in [4.78, 5) is 0. The van der Waals surface area contributed by atoms with Gasteiger partial charge in [0.15, 0.2) is 0 Å². The Bertz CT molecular complexity index is 554. The summed E-state index contributed by atoms with van der Waals surface area (Å²) < 4.78 is 1.07. The van der Waals surface area contributed by atoms with Gasteiger partial charge in [-0.05, 0) is 65.2 Å². The molecule has 0 aliphatic rings. The summed E-state index contributed by atoms with van der Waals surface area (Å²) in [6.07, 6.45) is 0. The molecule has 94 valence electrons. The second kappa shape index (κ2) is 5.77. The van der Waals surface area contributed by atoms with Crippen LogP contribution in [-0.4, -0.2) is 0 Å². The highest BCUT2D eigenvalue weighted by atomic mass is 79.9. The summed E-state index contributed by atoms with van der Waals surface area (Å²) in [5.41, 5.74) is 3.51. The molecule has 3 heteroatoms. The van der Waals surface area contributed by atoms with Crippen LogP contribution in [0.25, 0.3) is 0 Å². The van der Waals surface area contributed by atoms with Gasteiger partial charge in [-0.1, -0.05) is 29.8 Å². The maximum Gasteiger partial charge on any atom is 0.0491 e. The Morgan fingerprint density at radius 2 is 1.94 bits per heavy atom. The Hall–Kier alpha value is -0.990. The minimum atomic E-state index is 0.210. The van der Waals surface area contributed by atoms with E-state index >= 15 is 0 Å². The maximum atomic E-state index is 6.01. The first-order valence-corrected chi connectivity index (χ1v) is 7.01. The van der Waals surface area contributed by atoms with Crippen molar-refractivity contribution in [2.75, 3.05) is 5.32 Å². The van der Waals surface area contributed by atoms with Crippen molar-refractivity contribution in [1.82, 2.24) is 0 Å². The van der Waals surface area contributed by atoms with Crippen molar-refractivity contribution in [3.05, 3.63) is 63.1 Å². The van der Waals surface area contributed by atoms with Gasteiger partial charge in [0, 0.05) is 21.2 Å². The number of rotatable bonds is 3. The molecule has 2 rings (SSSR count). The van der Waals surface area contributed by atoms with E-state index in [-0.39, 0.29) is 6.04 Å². The normalized spacial score (nSPS) is 12.2. The van der Waals surface area contributed by atoms with E-state index in [9.17, 15) is 0 Å². The minimum absolute atomic E-state index is 0.210. The Kier molecular flexibility index (Phi) is 4.31. The molecule has 0 bridgehead atoms. The highest BCUT2D eigenvalue weighted by Crippen LogP contribution is 2.28. The van der Waals surface area contributed by atoms with Crippen LogP contribution in [0.2, 0.25) is 5.02 Å². The third kappa shape index (κ3) is 3.27. The van der Waals surface area contributed by atoms with Crippen molar-refractivity contribution in [2.24, 2.45) is 0 Å². The lowest BCUT2D eigenvalue weighted by Gasteiger charge is -2.17. The zero-order valence-corrected chi connectivity index (χ0v) is 12.7. The summed E-state index contributed by atoms with van der Waals surface area (Å²) >= 11 is 9.57. The predicted molar refractivity (Wildman–Crippen MR) is 82.4 cm³/mol. The molecule has 0 fully saturated rings. The van der Waals surface area contributed by atoms with Gasteiger partial charge < -0.3 is 5.32 Å². The fourth-order valence-electron chi connectivity index (χ4n) is 1.84. The van der Waals surface area contributed by atoms with Crippen LogP contribution in [0, 0.1) is 6.92 Å². The zero-order valence-electron chi connectivity index (χ0n) is 10.4. The third-order valence-electron chi connectivity index (χ3n) is 2.84. The van der Waals surface area contributed by atoms with Crippen molar-refractivity contribution >= 4 is 33.2 Å². The Morgan fingerprint density at radius 1 is 1.17 bits per heavy atom. The van der Waals surface area contributed by atoms with E-state index in [4.69, 9.17) is 11.6 Å². The van der Waals surface area contributed by atoms with Crippen LogP contribution in [0.4, 0.5) is 5.69 Å². The summed E-state index contributed by atoms with van der Waals surface area (Å²) in [5.74, 6) is 0. The molecular formula is C15H15BrClN.